The van der Waals surface area contributed by atoms with E-state index in [2.05, 4.69) is 15.9 Å². The number of nitriles is 1. The monoisotopic (exact) mass is 309 g/mol. The lowest BCUT2D eigenvalue weighted by molar-refractivity contribution is 0.0523. The van der Waals surface area contributed by atoms with Gasteiger partial charge in [0, 0.05) is 17.3 Å². The summed E-state index contributed by atoms with van der Waals surface area (Å²) in [4.78, 5) is 23.6. The minimum absolute atomic E-state index is 0.188. The Kier molecular flexibility index (Phi) is 5.53. The van der Waals surface area contributed by atoms with Crippen molar-refractivity contribution in [1.29, 1.82) is 5.26 Å². The summed E-state index contributed by atoms with van der Waals surface area (Å²) in [5.74, 6) is -0.730. The van der Waals surface area contributed by atoms with Gasteiger partial charge in [0.2, 0.25) is 0 Å². The molecule has 0 aliphatic carbocycles. The fraction of sp³-hybridized carbons (Fsp3) is 0.308. The molecule has 0 saturated heterocycles. The van der Waals surface area contributed by atoms with E-state index in [4.69, 9.17) is 10.00 Å². The molecule has 0 aliphatic heterocycles. The van der Waals surface area contributed by atoms with Crippen LogP contribution in [-0.4, -0.2) is 23.7 Å². The number of benzene rings is 1. The Bertz CT molecular complexity index is 505. The highest BCUT2D eigenvalue weighted by Gasteiger charge is 2.18. The number of halogens is 1. The first kappa shape index (κ1) is 14.4. The quantitative estimate of drug-likeness (QED) is 0.476. The van der Waals surface area contributed by atoms with Gasteiger partial charge in [-0.05, 0) is 25.1 Å². The number of alkyl halides is 1. The summed E-state index contributed by atoms with van der Waals surface area (Å²) in [6.07, 6.45) is 0.265. The highest BCUT2D eigenvalue weighted by atomic mass is 79.9. The maximum Gasteiger partial charge on any atom is 0.338 e. The van der Waals surface area contributed by atoms with E-state index in [9.17, 15) is 9.59 Å². The van der Waals surface area contributed by atoms with E-state index in [-0.39, 0.29) is 29.9 Å². The third-order valence-electron chi connectivity index (χ3n) is 2.27. The topological polar surface area (TPSA) is 67.2 Å². The van der Waals surface area contributed by atoms with Crippen molar-refractivity contribution < 1.29 is 14.3 Å². The Morgan fingerprint density at radius 2 is 2.11 bits per heavy atom. The number of carbonyl (C=O) groups excluding carboxylic acids is 2. The summed E-state index contributed by atoms with van der Waals surface area (Å²) < 4.78 is 4.88. The third-order valence-corrected chi connectivity index (χ3v) is 2.66. The van der Waals surface area contributed by atoms with Gasteiger partial charge in [0.05, 0.1) is 23.8 Å². The molecule has 0 aromatic heterocycles. The van der Waals surface area contributed by atoms with Crippen LogP contribution >= 0.6 is 15.9 Å². The summed E-state index contributed by atoms with van der Waals surface area (Å²) >= 11 is 3.17. The number of nitrogens with zero attached hydrogens (tertiary/aromatic N) is 1. The van der Waals surface area contributed by atoms with Gasteiger partial charge < -0.3 is 4.74 Å². The van der Waals surface area contributed by atoms with Gasteiger partial charge in [0.15, 0.2) is 5.78 Å². The van der Waals surface area contributed by atoms with Crippen LogP contribution in [0.25, 0.3) is 0 Å². The molecule has 4 nitrogen and oxygen atoms in total. The number of hydrogen-bond donors (Lipinski definition) is 0. The number of esters is 1. The molecule has 18 heavy (non-hydrogen) atoms. The van der Waals surface area contributed by atoms with E-state index in [1.807, 2.05) is 6.07 Å². The minimum Gasteiger partial charge on any atom is -0.462 e. The molecule has 0 aliphatic rings. The van der Waals surface area contributed by atoms with Crippen LogP contribution in [-0.2, 0) is 4.74 Å². The third kappa shape index (κ3) is 3.41. The second-order valence-corrected chi connectivity index (χ2v) is 4.25. The van der Waals surface area contributed by atoms with Crippen molar-refractivity contribution in [2.45, 2.75) is 13.3 Å². The van der Waals surface area contributed by atoms with Crippen molar-refractivity contribution in [3.8, 4) is 6.07 Å². The molecule has 5 heteroatoms. The van der Waals surface area contributed by atoms with Gasteiger partial charge in [0.25, 0.3) is 0 Å². The molecule has 1 aromatic carbocycles. The van der Waals surface area contributed by atoms with Gasteiger partial charge in [-0.3, -0.25) is 4.79 Å². The number of ketones is 1. The summed E-state index contributed by atoms with van der Waals surface area (Å²) in [6, 6.07) is 6.33. The molecule has 0 bridgehead atoms. The second-order valence-electron chi connectivity index (χ2n) is 3.45. The molecule has 0 saturated carbocycles. The Morgan fingerprint density at radius 1 is 1.39 bits per heavy atom. The molecule has 0 heterocycles. The lowest BCUT2D eigenvalue weighted by atomic mass is 9.99. The summed E-state index contributed by atoms with van der Waals surface area (Å²) in [5, 5.41) is 9.32. The van der Waals surface area contributed by atoms with E-state index in [0.29, 0.717) is 10.9 Å². The standard InChI is InChI=1S/C13H12BrNO3/c1-2-18-13(17)10-4-3-9(8-15)7-11(10)12(16)5-6-14/h3-4,7H,2,5-6H2,1H3. The highest BCUT2D eigenvalue weighted by molar-refractivity contribution is 9.09. The van der Waals surface area contributed by atoms with E-state index in [0.717, 1.165) is 0 Å². The molecule has 1 aromatic rings. The smallest absolute Gasteiger partial charge is 0.338 e. The van der Waals surface area contributed by atoms with Gasteiger partial charge >= 0.3 is 5.97 Å². The molecule has 0 atom stereocenters. The molecule has 0 spiro atoms. The second kappa shape index (κ2) is 6.92. The number of ether oxygens (including phenoxy) is 1. The van der Waals surface area contributed by atoms with Crippen molar-refractivity contribution in [1.82, 2.24) is 0 Å². The first-order chi connectivity index (χ1) is 8.63. The van der Waals surface area contributed by atoms with Crippen LogP contribution in [0.2, 0.25) is 0 Å². The van der Waals surface area contributed by atoms with Crippen molar-refractivity contribution in [3.05, 3.63) is 34.9 Å². The zero-order valence-corrected chi connectivity index (χ0v) is 11.5. The van der Waals surface area contributed by atoms with Crippen LogP contribution in [0, 0.1) is 11.3 Å². The Labute approximate surface area is 114 Å². The average Bonchev–Trinajstić information content (AvgIpc) is 2.38. The first-order valence-corrected chi connectivity index (χ1v) is 6.56. The predicted octanol–water partition coefficient (Wildman–Crippen LogP) is 2.70. The van der Waals surface area contributed by atoms with Crippen molar-refractivity contribution in [2.75, 3.05) is 11.9 Å². The van der Waals surface area contributed by atoms with E-state index >= 15 is 0 Å². The fourth-order valence-electron chi connectivity index (χ4n) is 1.45. The van der Waals surface area contributed by atoms with Crippen LogP contribution in [0.4, 0.5) is 0 Å². The van der Waals surface area contributed by atoms with E-state index < -0.39 is 5.97 Å². The Hall–Kier alpha value is -1.67. The Morgan fingerprint density at radius 3 is 2.67 bits per heavy atom. The SMILES string of the molecule is CCOC(=O)c1ccc(C#N)cc1C(=O)CCBr. The van der Waals surface area contributed by atoms with Gasteiger partial charge in [0.1, 0.15) is 0 Å². The minimum atomic E-state index is -0.542. The fourth-order valence-corrected chi connectivity index (χ4v) is 1.81. The van der Waals surface area contributed by atoms with Crippen molar-refractivity contribution in [2.24, 2.45) is 0 Å². The van der Waals surface area contributed by atoms with Gasteiger partial charge in [-0.2, -0.15) is 5.26 Å². The molecule has 0 amide bonds. The normalized spacial score (nSPS) is 9.61. The van der Waals surface area contributed by atoms with Crippen LogP contribution < -0.4 is 0 Å². The van der Waals surface area contributed by atoms with Crippen LogP contribution in [0.3, 0.4) is 0 Å². The first-order valence-electron chi connectivity index (χ1n) is 5.44. The number of carbonyl (C=O) groups is 2. The van der Waals surface area contributed by atoms with Gasteiger partial charge in [-0.15, -0.1) is 0 Å². The molecular weight excluding hydrogens is 298 g/mol. The largest absolute Gasteiger partial charge is 0.462 e. The molecule has 0 N–H and O–H groups in total. The lowest BCUT2D eigenvalue weighted by Gasteiger charge is -2.07. The van der Waals surface area contributed by atoms with Crippen LogP contribution in [0.5, 0.6) is 0 Å². The van der Waals surface area contributed by atoms with E-state index in [1.165, 1.54) is 18.2 Å². The average molecular weight is 310 g/mol. The van der Waals surface area contributed by atoms with Gasteiger partial charge in [-0.1, -0.05) is 15.9 Å². The van der Waals surface area contributed by atoms with Crippen molar-refractivity contribution >= 4 is 27.7 Å². The molecule has 0 fully saturated rings. The molecule has 0 radical (unpaired) electrons. The maximum atomic E-state index is 11.9. The maximum absolute atomic E-state index is 11.9. The molecular formula is C13H12BrNO3. The zero-order chi connectivity index (χ0) is 13.5. The zero-order valence-electron chi connectivity index (χ0n) is 9.90. The van der Waals surface area contributed by atoms with Gasteiger partial charge in [-0.25, -0.2) is 4.79 Å². The lowest BCUT2D eigenvalue weighted by Crippen LogP contribution is -2.12. The Balaban J connectivity index is 3.21. The van der Waals surface area contributed by atoms with Crippen LogP contribution in [0.1, 0.15) is 39.6 Å². The molecule has 0 unspecified atom stereocenters. The molecule has 94 valence electrons. The molecule has 1 rings (SSSR count). The van der Waals surface area contributed by atoms with Crippen molar-refractivity contribution in [3.63, 3.8) is 0 Å². The predicted molar refractivity (Wildman–Crippen MR) is 69.9 cm³/mol. The summed E-state index contributed by atoms with van der Waals surface area (Å²) in [7, 11) is 0. The number of rotatable bonds is 5. The van der Waals surface area contributed by atoms with E-state index in [1.54, 1.807) is 6.92 Å². The highest BCUT2D eigenvalue weighted by Crippen LogP contribution is 2.16. The number of hydrogen-bond acceptors (Lipinski definition) is 4. The summed E-state index contributed by atoms with van der Waals surface area (Å²) in [6.45, 7) is 1.94. The van der Waals surface area contributed by atoms with Crippen LogP contribution in [0.15, 0.2) is 18.2 Å². The number of Topliss-reactive ketones (excluding diaryl/α,β-unsaturated/α-hetero) is 1. The summed E-state index contributed by atoms with van der Waals surface area (Å²) in [5.41, 5.74) is 0.801.